The van der Waals surface area contributed by atoms with Crippen LogP contribution in [0.5, 0.6) is 0 Å². The minimum Gasteiger partial charge on any atom is -0.284 e. The van der Waals surface area contributed by atoms with E-state index in [1.54, 1.807) is 0 Å². The van der Waals surface area contributed by atoms with Gasteiger partial charge < -0.3 is 0 Å². The maximum atomic E-state index is 13.1. The van der Waals surface area contributed by atoms with Gasteiger partial charge in [-0.15, -0.1) is 10.2 Å². The zero-order valence-electron chi connectivity index (χ0n) is 13.5. The van der Waals surface area contributed by atoms with Crippen molar-refractivity contribution < 1.29 is 21.6 Å². The quantitative estimate of drug-likeness (QED) is 0.571. The Morgan fingerprint density at radius 3 is 2.50 bits per heavy atom. The summed E-state index contributed by atoms with van der Waals surface area (Å²) in [6, 6.07) is 1.87. The van der Waals surface area contributed by atoms with Crippen molar-refractivity contribution in [3.8, 4) is 0 Å². The van der Waals surface area contributed by atoms with Gasteiger partial charge in [-0.1, -0.05) is 34.8 Å². The second-order valence-corrected chi connectivity index (χ2v) is 8.44. The highest BCUT2D eigenvalue weighted by molar-refractivity contribution is 7.89. The molecule has 0 radical (unpaired) electrons. The number of nitrogens with zero attached hydrogens (tertiary/aromatic N) is 4. The number of sulfonamides is 1. The Balaban J connectivity index is 1.81. The fourth-order valence-electron chi connectivity index (χ4n) is 2.32. The third kappa shape index (κ3) is 4.33. The first-order valence-electron chi connectivity index (χ1n) is 7.40. The minimum absolute atomic E-state index is 0.0395. The summed E-state index contributed by atoms with van der Waals surface area (Å²) in [5.41, 5.74) is -1.47. The molecule has 0 spiro atoms. The van der Waals surface area contributed by atoms with Crippen molar-refractivity contribution in [2.45, 2.75) is 17.5 Å². The maximum absolute atomic E-state index is 13.1. The van der Waals surface area contributed by atoms with Crippen LogP contribution < -0.4 is 4.72 Å². The number of aromatic nitrogens is 4. The number of alkyl halides is 3. The van der Waals surface area contributed by atoms with E-state index >= 15 is 0 Å². The van der Waals surface area contributed by atoms with Crippen molar-refractivity contribution >= 4 is 50.5 Å². The van der Waals surface area contributed by atoms with Crippen LogP contribution >= 0.6 is 34.8 Å². The Hall–Kier alpha value is -1.66. The molecule has 0 aliphatic heterocycles. The van der Waals surface area contributed by atoms with Gasteiger partial charge in [0, 0.05) is 25.4 Å². The van der Waals surface area contributed by atoms with E-state index in [4.69, 9.17) is 34.8 Å². The van der Waals surface area contributed by atoms with Crippen molar-refractivity contribution in [3.05, 3.63) is 51.1 Å². The van der Waals surface area contributed by atoms with Crippen molar-refractivity contribution in [1.29, 1.82) is 0 Å². The first-order valence-corrected chi connectivity index (χ1v) is 10.0. The van der Waals surface area contributed by atoms with Gasteiger partial charge in [-0.2, -0.15) is 13.2 Å². The molecule has 14 heteroatoms. The van der Waals surface area contributed by atoms with Gasteiger partial charge in [0.05, 0.1) is 10.0 Å². The Morgan fingerprint density at radius 2 is 1.86 bits per heavy atom. The minimum atomic E-state index is -4.67. The molecule has 0 atom stereocenters. The number of hydrogen-bond donors (Lipinski definition) is 1. The van der Waals surface area contributed by atoms with Crippen LogP contribution in [-0.2, 0) is 22.6 Å². The molecule has 0 amide bonds. The number of hydrogen-bond acceptors (Lipinski definition) is 5. The lowest BCUT2D eigenvalue weighted by atomic mass is 10.2. The standard InChI is InChI=1S/C14H9Cl3F3N5O2S/c15-7-3-9(14(18,19)20)13-24-23-11(25(13)6-7)1-2-22-28(26,27)8-4-10(16)12(17)21-5-8/h3-6,22H,1-2H2. The third-order valence-electron chi connectivity index (χ3n) is 3.57. The van der Waals surface area contributed by atoms with Gasteiger partial charge in [0.2, 0.25) is 10.0 Å². The van der Waals surface area contributed by atoms with Crippen molar-refractivity contribution in [2.24, 2.45) is 0 Å². The van der Waals surface area contributed by atoms with Crippen LogP contribution in [0.25, 0.3) is 5.65 Å². The summed E-state index contributed by atoms with van der Waals surface area (Å²) in [6.07, 6.45) is -2.47. The molecule has 0 saturated carbocycles. The van der Waals surface area contributed by atoms with Crippen LogP contribution in [-0.4, -0.2) is 34.5 Å². The SMILES string of the molecule is O=S(=O)(NCCc1nnc2c(C(F)(F)F)cc(Cl)cn12)c1cnc(Cl)c(Cl)c1. The van der Waals surface area contributed by atoms with E-state index in [1.165, 1.54) is 6.20 Å². The summed E-state index contributed by atoms with van der Waals surface area (Å²) in [7, 11) is -3.96. The number of halogens is 6. The second-order valence-electron chi connectivity index (χ2n) is 5.47. The largest absolute Gasteiger partial charge is 0.420 e. The van der Waals surface area contributed by atoms with Gasteiger partial charge in [-0.3, -0.25) is 4.40 Å². The summed E-state index contributed by atoms with van der Waals surface area (Å²) in [6.45, 7) is -0.169. The fourth-order valence-corrected chi connectivity index (χ4v) is 3.86. The fraction of sp³-hybridized carbons (Fsp3) is 0.214. The molecule has 0 unspecified atom stereocenters. The van der Waals surface area contributed by atoms with Gasteiger partial charge in [-0.25, -0.2) is 18.1 Å². The van der Waals surface area contributed by atoms with Crippen molar-refractivity contribution in [3.63, 3.8) is 0 Å². The number of rotatable bonds is 5. The van der Waals surface area contributed by atoms with Crippen LogP contribution in [0.4, 0.5) is 13.2 Å². The van der Waals surface area contributed by atoms with Crippen LogP contribution in [0.2, 0.25) is 15.2 Å². The van der Waals surface area contributed by atoms with Gasteiger partial charge in [0.15, 0.2) is 5.65 Å². The zero-order chi connectivity index (χ0) is 20.7. The highest BCUT2D eigenvalue weighted by Gasteiger charge is 2.35. The van der Waals surface area contributed by atoms with Gasteiger partial charge in [0.1, 0.15) is 21.4 Å². The molecule has 7 nitrogen and oxygen atoms in total. The normalized spacial score (nSPS) is 12.6. The van der Waals surface area contributed by atoms with Gasteiger partial charge in [0.25, 0.3) is 0 Å². The smallest absolute Gasteiger partial charge is 0.284 e. The predicted molar refractivity (Wildman–Crippen MR) is 96.1 cm³/mol. The third-order valence-corrected chi connectivity index (χ3v) is 5.89. The van der Waals surface area contributed by atoms with Crippen LogP contribution in [0.15, 0.2) is 29.4 Å². The molecule has 3 rings (SSSR count). The van der Waals surface area contributed by atoms with Crippen LogP contribution in [0, 0.1) is 0 Å². The lowest BCUT2D eigenvalue weighted by Crippen LogP contribution is -2.26. The molecule has 0 aromatic carbocycles. The highest BCUT2D eigenvalue weighted by Crippen LogP contribution is 2.33. The molecule has 0 saturated heterocycles. The summed E-state index contributed by atoms with van der Waals surface area (Å²) in [4.78, 5) is 3.44. The summed E-state index contributed by atoms with van der Waals surface area (Å²) in [5.74, 6) is 0.0953. The van der Waals surface area contributed by atoms with E-state index in [9.17, 15) is 21.6 Å². The molecule has 0 aliphatic carbocycles. The lowest BCUT2D eigenvalue weighted by molar-refractivity contribution is -0.136. The van der Waals surface area contributed by atoms with E-state index in [0.717, 1.165) is 22.7 Å². The number of fused-ring (bicyclic) bond motifs is 1. The molecule has 150 valence electrons. The molecule has 1 N–H and O–H groups in total. The Bertz CT molecular complexity index is 1150. The van der Waals surface area contributed by atoms with Crippen molar-refractivity contribution in [1.82, 2.24) is 24.3 Å². The van der Waals surface area contributed by atoms with E-state index in [2.05, 4.69) is 19.9 Å². The van der Waals surface area contributed by atoms with E-state index < -0.39 is 27.4 Å². The molecular formula is C14H9Cl3F3N5O2S. The molecule has 0 aliphatic rings. The van der Waals surface area contributed by atoms with Gasteiger partial charge in [-0.05, 0) is 12.1 Å². The first kappa shape index (κ1) is 21.1. The van der Waals surface area contributed by atoms with E-state index in [1.807, 2.05) is 0 Å². The average Bonchev–Trinajstić information content (AvgIpc) is 2.98. The molecule has 3 heterocycles. The Morgan fingerprint density at radius 1 is 1.14 bits per heavy atom. The zero-order valence-corrected chi connectivity index (χ0v) is 16.6. The maximum Gasteiger partial charge on any atom is 0.420 e. The Labute approximate surface area is 171 Å². The predicted octanol–water partition coefficient (Wildman–Crippen LogP) is 3.62. The molecule has 3 aromatic rings. The summed E-state index contributed by atoms with van der Waals surface area (Å²) >= 11 is 17.2. The van der Waals surface area contributed by atoms with Crippen molar-refractivity contribution in [2.75, 3.05) is 6.54 Å². The number of nitrogens with one attached hydrogen (secondary N) is 1. The average molecular weight is 475 g/mol. The van der Waals surface area contributed by atoms with E-state index in [-0.39, 0.29) is 38.9 Å². The number of pyridine rings is 2. The second kappa shape index (κ2) is 7.64. The monoisotopic (exact) mass is 473 g/mol. The topological polar surface area (TPSA) is 89.2 Å². The van der Waals surface area contributed by atoms with Crippen LogP contribution in [0.3, 0.4) is 0 Å². The summed E-state index contributed by atoms with van der Waals surface area (Å²) < 4.78 is 67.2. The van der Waals surface area contributed by atoms with E-state index in [0.29, 0.717) is 0 Å². The lowest BCUT2D eigenvalue weighted by Gasteiger charge is -2.09. The van der Waals surface area contributed by atoms with Gasteiger partial charge >= 0.3 is 6.18 Å². The molecular weight excluding hydrogens is 466 g/mol. The molecule has 3 aromatic heterocycles. The molecule has 28 heavy (non-hydrogen) atoms. The highest BCUT2D eigenvalue weighted by atomic mass is 35.5. The Kier molecular flexibility index (Phi) is 5.74. The molecule has 0 fully saturated rings. The van der Waals surface area contributed by atoms with Crippen LogP contribution in [0.1, 0.15) is 11.4 Å². The first-order chi connectivity index (χ1) is 13.0. The summed E-state index contributed by atoms with van der Waals surface area (Å²) in [5, 5.41) is 6.98. The molecule has 0 bridgehead atoms.